The molecule has 7 heteroatoms. The summed E-state index contributed by atoms with van der Waals surface area (Å²) in [7, 11) is -6.73. The van der Waals surface area contributed by atoms with Crippen LogP contribution in [0.15, 0.2) is 0 Å². The van der Waals surface area contributed by atoms with Gasteiger partial charge in [-0.05, 0) is 79.3 Å². The van der Waals surface area contributed by atoms with Crippen LogP contribution in [-0.4, -0.2) is 49.8 Å². The normalized spacial score (nSPS) is 18.8. The van der Waals surface area contributed by atoms with Gasteiger partial charge in [-0.2, -0.15) is 0 Å². The van der Waals surface area contributed by atoms with E-state index in [2.05, 4.69) is 107 Å². The fraction of sp³-hybridized carbons (Fsp3) is 1.00. The number of hydrogen-bond acceptors (Lipinski definition) is 3. The van der Waals surface area contributed by atoms with E-state index in [9.17, 15) is 0 Å². The molecule has 0 aliphatic heterocycles. The fourth-order valence-electron chi connectivity index (χ4n) is 4.30. The molecule has 0 amide bonds. The Labute approximate surface area is 195 Å². The Balaban J connectivity index is 5.85. The third-order valence-electron chi connectivity index (χ3n) is 7.88. The predicted octanol–water partition coefficient (Wildman–Crippen LogP) is 7.74. The Morgan fingerprint density at radius 3 is 1.50 bits per heavy atom. The highest BCUT2D eigenvalue weighted by Gasteiger charge is 2.51. The number of hydrogen-bond donors (Lipinski definition) is 0. The molecule has 0 heterocycles. The van der Waals surface area contributed by atoms with Gasteiger partial charge in [0.25, 0.3) is 0 Å². The molecule has 30 heavy (non-hydrogen) atoms. The van der Waals surface area contributed by atoms with Crippen molar-refractivity contribution in [1.29, 1.82) is 0 Å². The lowest BCUT2D eigenvalue weighted by molar-refractivity contribution is 0.0286. The first-order valence-corrected chi connectivity index (χ1v) is 24.3. The molecule has 0 aliphatic rings. The van der Waals surface area contributed by atoms with E-state index in [1.807, 2.05) is 0 Å². The van der Waals surface area contributed by atoms with Gasteiger partial charge in [0.2, 0.25) is 9.04 Å². The Bertz CT molecular complexity index is 534. The molecular weight excluding hydrogens is 437 g/mol. The maximum atomic E-state index is 7.13. The molecule has 0 rings (SSSR count). The van der Waals surface area contributed by atoms with Crippen molar-refractivity contribution < 1.29 is 13.3 Å². The second kappa shape index (κ2) is 10.3. The molecule has 0 N–H and O–H groups in total. The molecule has 0 aromatic rings. The van der Waals surface area contributed by atoms with Gasteiger partial charge < -0.3 is 13.3 Å². The summed E-state index contributed by atoms with van der Waals surface area (Å²) >= 11 is 0. The summed E-state index contributed by atoms with van der Waals surface area (Å²) in [5.74, 6) is 0. The van der Waals surface area contributed by atoms with Gasteiger partial charge in [-0.25, -0.2) is 0 Å². The standard InChI is InChI=1S/C23H56O3Si4/c1-17-22(7,20(4)30(15,16)25-21(5,6)28(9,10)11)24-27(8)23(18-2,19-3)26-29(12,13)14/h20,27H,17-19H2,1-16H3/t20-,22?,27?/m0/s1. The summed E-state index contributed by atoms with van der Waals surface area (Å²) in [5.41, 5.74) is 0.230. The lowest BCUT2D eigenvalue weighted by Gasteiger charge is -2.51. The lowest BCUT2D eigenvalue weighted by atomic mass is 10.00. The Hall–Kier alpha value is 0.748. The summed E-state index contributed by atoms with van der Waals surface area (Å²) < 4.78 is 21.0. The third kappa shape index (κ3) is 7.66. The van der Waals surface area contributed by atoms with E-state index in [0.29, 0.717) is 5.54 Å². The predicted molar refractivity (Wildman–Crippen MR) is 146 cm³/mol. The summed E-state index contributed by atoms with van der Waals surface area (Å²) in [6, 6.07) is 0. The first-order valence-electron chi connectivity index (χ1n) is 12.2. The van der Waals surface area contributed by atoms with Crippen molar-refractivity contribution in [2.24, 2.45) is 0 Å². The van der Waals surface area contributed by atoms with Gasteiger partial charge in [0.05, 0.1) is 18.9 Å². The maximum Gasteiger partial charge on any atom is 0.204 e. The lowest BCUT2D eigenvalue weighted by Crippen LogP contribution is -2.61. The van der Waals surface area contributed by atoms with Crippen molar-refractivity contribution in [2.75, 3.05) is 0 Å². The van der Waals surface area contributed by atoms with Crippen molar-refractivity contribution in [2.45, 2.75) is 148 Å². The summed E-state index contributed by atoms with van der Waals surface area (Å²) in [6.07, 6.45) is 3.08. The molecule has 0 fully saturated rings. The topological polar surface area (TPSA) is 27.7 Å². The van der Waals surface area contributed by atoms with Gasteiger partial charge in [-0.1, -0.05) is 47.3 Å². The van der Waals surface area contributed by atoms with Gasteiger partial charge in [0, 0.05) is 10.8 Å². The molecule has 0 radical (unpaired) electrons. The molecule has 0 aromatic heterocycles. The minimum atomic E-state index is -2.00. The summed E-state index contributed by atoms with van der Waals surface area (Å²) in [6.45, 7) is 37.5. The van der Waals surface area contributed by atoms with E-state index in [-0.39, 0.29) is 16.0 Å². The highest BCUT2D eigenvalue weighted by atomic mass is 28.4. The van der Waals surface area contributed by atoms with Gasteiger partial charge in [-0.15, -0.1) is 0 Å². The monoisotopic (exact) mass is 492 g/mol. The quantitative estimate of drug-likeness (QED) is 0.246. The third-order valence-corrected chi connectivity index (χ3v) is 20.1. The van der Waals surface area contributed by atoms with Crippen LogP contribution in [0.4, 0.5) is 0 Å². The van der Waals surface area contributed by atoms with Crippen molar-refractivity contribution >= 4 is 33.7 Å². The Morgan fingerprint density at radius 1 is 0.767 bits per heavy atom. The van der Waals surface area contributed by atoms with E-state index >= 15 is 0 Å². The molecule has 182 valence electrons. The smallest absolute Gasteiger partial charge is 0.204 e. The average Bonchev–Trinajstić information content (AvgIpc) is 2.55. The minimum absolute atomic E-state index is 0.0355. The van der Waals surface area contributed by atoms with Crippen molar-refractivity contribution in [3.05, 3.63) is 0 Å². The van der Waals surface area contributed by atoms with Crippen LogP contribution < -0.4 is 0 Å². The first kappa shape index (κ1) is 30.7. The molecule has 0 aliphatic carbocycles. The van der Waals surface area contributed by atoms with Crippen molar-refractivity contribution in [3.63, 3.8) is 0 Å². The minimum Gasteiger partial charge on any atom is -0.415 e. The maximum absolute atomic E-state index is 7.13. The molecule has 0 bridgehead atoms. The second-order valence-corrected chi connectivity index (χ2v) is 29.6. The van der Waals surface area contributed by atoms with Gasteiger partial charge >= 0.3 is 0 Å². The van der Waals surface area contributed by atoms with Crippen LogP contribution in [0.3, 0.4) is 0 Å². The number of rotatable bonds is 13. The van der Waals surface area contributed by atoms with Crippen LogP contribution in [0.25, 0.3) is 0 Å². The average molecular weight is 493 g/mol. The molecule has 0 saturated heterocycles. The van der Waals surface area contributed by atoms with E-state index in [4.69, 9.17) is 13.3 Å². The molecule has 3 atom stereocenters. The van der Waals surface area contributed by atoms with E-state index in [1.54, 1.807) is 0 Å². The Morgan fingerprint density at radius 2 is 1.20 bits per heavy atom. The largest absolute Gasteiger partial charge is 0.415 e. The molecular formula is C23H56O3Si4. The fourth-order valence-corrected chi connectivity index (χ4v) is 15.5. The van der Waals surface area contributed by atoms with Crippen LogP contribution in [-0.2, 0) is 13.3 Å². The van der Waals surface area contributed by atoms with Crippen molar-refractivity contribution in [1.82, 2.24) is 0 Å². The van der Waals surface area contributed by atoms with Gasteiger partial charge in [-0.3, -0.25) is 0 Å². The molecule has 0 aromatic carbocycles. The van der Waals surface area contributed by atoms with E-state index in [0.717, 1.165) is 19.3 Å². The zero-order valence-corrected chi connectivity index (χ0v) is 27.7. The summed E-state index contributed by atoms with van der Waals surface area (Å²) in [5, 5.41) is -0.114. The highest BCUT2D eigenvalue weighted by Crippen LogP contribution is 2.43. The van der Waals surface area contributed by atoms with Crippen LogP contribution >= 0.6 is 0 Å². The molecule has 2 unspecified atom stereocenters. The first-order chi connectivity index (χ1) is 13.1. The van der Waals surface area contributed by atoms with Gasteiger partial charge in [0.15, 0.2) is 16.6 Å². The van der Waals surface area contributed by atoms with Crippen molar-refractivity contribution in [3.8, 4) is 0 Å². The van der Waals surface area contributed by atoms with Crippen LogP contribution in [0.2, 0.25) is 64.5 Å². The molecule has 3 nitrogen and oxygen atoms in total. The van der Waals surface area contributed by atoms with Crippen LogP contribution in [0, 0.1) is 0 Å². The second-order valence-electron chi connectivity index (χ2n) is 12.6. The Kier molecular flexibility index (Phi) is 10.6. The zero-order valence-electron chi connectivity index (χ0n) is 23.5. The van der Waals surface area contributed by atoms with Crippen LogP contribution in [0.1, 0.15) is 67.7 Å². The zero-order chi connectivity index (χ0) is 24.4. The van der Waals surface area contributed by atoms with E-state index < -0.39 is 33.7 Å². The highest BCUT2D eigenvalue weighted by molar-refractivity contribution is 6.81. The molecule has 0 saturated carbocycles. The van der Waals surface area contributed by atoms with Gasteiger partial charge in [0.1, 0.15) is 0 Å². The molecule has 0 spiro atoms. The summed E-state index contributed by atoms with van der Waals surface area (Å²) in [4.78, 5) is 0. The van der Waals surface area contributed by atoms with E-state index in [1.165, 1.54) is 0 Å². The SMILES string of the molecule is CCC(C)(O[SiH](C)C(CC)(CC)O[Si](C)(C)C)[C@H](C)[Si](C)(C)OC(C)(C)[Si](C)(C)C. The van der Waals surface area contributed by atoms with Crippen LogP contribution in [0.5, 0.6) is 0 Å².